The predicted octanol–water partition coefficient (Wildman–Crippen LogP) is 3.21. The zero-order valence-corrected chi connectivity index (χ0v) is 15.1. The Labute approximate surface area is 153 Å². The van der Waals surface area contributed by atoms with Gasteiger partial charge in [0.25, 0.3) is 5.56 Å². The van der Waals surface area contributed by atoms with E-state index in [1.54, 1.807) is 13.1 Å². The van der Waals surface area contributed by atoms with Crippen LogP contribution in [0.4, 0.5) is 5.95 Å². The smallest absolute Gasteiger partial charge is 0.254 e. The molecule has 2 N–H and O–H groups in total. The van der Waals surface area contributed by atoms with Gasteiger partial charge in [-0.2, -0.15) is 0 Å². The zero-order valence-electron chi connectivity index (χ0n) is 15.1. The van der Waals surface area contributed by atoms with E-state index in [9.17, 15) is 4.79 Å². The molecule has 5 nitrogen and oxygen atoms in total. The maximum atomic E-state index is 11.8. The van der Waals surface area contributed by atoms with Gasteiger partial charge in [0.1, 0.15) is 5.75 Å². The van der Waals surface area contributed by atoms with Gasteiger partial charge in [-0.15, -0.1) is 0 Å². The van der Waals surface area contributed by atoms with Crippen LogP contribution in [0, 0.1) is 0 Å². The number of rotatable bonds is 6. The monoisotopic (exact) mass is 349 g/mol. The van der Waals surface area contributed by atoms with Crippen LogP contribution in [0.15, 0.2) is 59.4 Å². The molecule has 0 radical (unpaired) electrons. The molecule has 0 aliphatic heterocycles. The number of nitrogens with two attached hydrogens (primary N) is 1. The number of benzene rings is 2. The van der Waals surface area contributed by atoms with E-state index in [4.69, 9.17) is 10.5 Å². The Hall–Kier alpha value is -3.08. The molecule has 1 aromatic heterocycles. The first-order chi connectivity index (χ1) is 12.6. The van der Waals surface area contributed by atoms with Crippen molar-refractivity contribution in [3.63, 3.8) is 0 Å². The Morgan fingerprint density at radius 3 is 2.50 bits per heavy atom. The molecule has 0 aliphatic rings. The summed E-state index contributed by atoms with van der Waals surface area (Å²) in [5.74, 6) is 1.11. The molecule has 0 bridgehead atoms. The highest BCUT2D eigenvalue weighted by Crippen LogP contribution is 2.25. The van der Waals surface area contributed by atoms with E-state index in [1.807, 2.05) is 31.2 Å². The average Bonchev–Trinajstić information content (AvgIpc) is 2.65. The molecule has 1 heterocycles. The molecular weight excluding hydrogens is 326 g/mol. The summed E-state index contributed by atoms with van der Waals surface area (Å²) in [5, 5.41) is 0. The number of ether oxygens (including phenoxy) is 1. The lowest BCUT2D eigenvalue weighted by Gasteiger charge is -2.09. The minimum Gasteiger partial charge on any atom is -0.494 e. The molecule has 0 aliphatic carbocycles. The van der Waals surface area contributed by atoms with Crippen LogP contribution in [-0.2, 0) is 19.9 Å². The van der Waals surface area contributed by atoms with Crippen molar-refractivity contribution >= 4 is 5.95 Å². The summed E-state index contributed by atoms with van der Waals surface area (Å²) in [7, 11) is 1.62. The van der Waals surface area contributed by atoms with Crippen LogP contribution in [0.25, 0.3) is 11.1 Å². The maximum Gasteiger partial charge on any atom is 0.254 e. The molecule has 3 rings (SSSR count). The number of hydrogen-bond acceptors (Lipinski definition) is 4. The molecule has 3 aromatic rings. The summed E-state index contributed by atoms with van der Waals surface area (Å²) in [6.45, 7) is 2.63. The third-order valence-corrected chi connectivity index (χ3v) is 4.30. The number of aromatic nitrogens is 2. The molecule has 0 saturated heterocycles. The van der Waals surface area contributed by atoms with Crippen molar-refractivity contribution in [3.8, 4) is 16.9 Å². The van der Waals surface area contributed by atoms with Gasteiger partial charge in [-0.1, -0.05) is 36.4 Å². The lowest BCUT2D eigenvalue weighted by molar-refractivity contribution is 0.340. The van der Waals surface area contributed by atoms with Crippen LogP contribution in [0.2, 0.25) is 0 Å². The molecule has 0 unspecified atom stereocenters. The summed E-state index contributed by atoms with van der Waals surface area (Å²) >= 11 is 0. The Bertz CT molecular complexity index is 963. The van der Waals surface area contributed by atoms with Crippen LogP contribution < -0.4 is 16.0 Å². The standard InChI is InChI=1S/C21H23N3O2/c1-3-26-19-9-5-8-17(13-19)16-7-4-6-15(12-16)10-11-18-14-20(25)24(2)21(22)23-18/h4-9,12-14H,3,10-11H2,1-2H3,(H2,22,23). The number of aryl methyl sites for hydroxylation is 2. The third-order valence-electron chi connectivity index (χ3n) is 4.30. The van der Waals surface area contributed by atoms with Gasteiger partial charge in [0.05, 0.1) is 12.3 Å². The van der Waals surface area contributed by atoms with Gasteiger partial charge in [-0.3, -0.25) is 9.36 Å². The van der Waals surface area contributed by atoms with Gasteiger partial charge < -0.3 is 10.5 Å². The van der Waals surface area contributed by atoms with E-state index in [2.05, 4.69) is 29.2 Å². The third kappa shape index (κ3) is 4.11. The van der Waals surface area contributed by atoms with Gasteiger partial charge in [-0.05, 0) is 48.6 Å². The fourth-order valence-electron chi connectivity index (χ4n) is 2.85. The number of nitrogens with zero attached hydrogens (tertiary/aromatic N) is 2. The molecule has 26 heavy (non-hydrogen) atoms. The summed E-state index contributed by atoms with van der Waals surface area (Å²) < 4.78 is 6.93. The van der Waals surface area contributed by atoms with E-state index in [1.165, 1.54) is 10.1 Å². The zero-order chi connectivity index (χ0) is 18.5. The molecule has 0 saturated carbocycles. The molecular formula is C21H23N3O2. The maximum absolute atomic E-state index is 11.8. The average molecular weight is 349 g/mol. The van der Waals surface area contributed by atoms with E-state index in [-0.39, 0.29) is 11.5 Å². The summed E-state index contributed by atoms with van der Waals surface area (Å²) in [4.78, 5) is 16.1. The van der Waals surface area contributed by atoms with Crippen molar-refractivity contribution < 1.29 is 4.74 Å². The topological polar surface area (TPSA) is 70.1 Å². The summed E-state index contributed by atoms with van der Waals surface area (Å²) in [5.41, 5.74) is 9.80. The first-order valence-corrected chi connectivity index (χ1v) is 8.71. The second kappa shape index (κ2) is 7.87. The molecule has 134 valence electrons. The van der Waals surface area contributed by atoms with Crippen LogP contribution in [0.3, 0.4) is 0 Å². The van der Waals surface area contributed by atoms with Crippen LogP contribution in [0.5, 0.6) is 5.75 Å². The number of nitrogen functional groups attached to an aromatic ring is 1. The summed E-state index contributed by atoms with van der Waals surface area (Å²) in [6.07, 6.45) is 1.46. The highest BCUT2D eigenvalue weighted by atomic mass is 16.5. The Balaban J connectivity index is 1.77. The van der Waals surface area contributed by atoms with Crippen molar-refractivity contribution in [2.45, 2.75) is 19.8 Å². The predicted molar refractivity (Wildman–Crippen MR) is 104 cm³/mol. The Morgan fingerprint density at radius 2 is 1.77 bits per heavy atom. The van der Waals surface area contributed by atoms with Crippen LogP contribution in [-0.4, -0.2) is 16.2 Å². The van der Waals surface area contributed by atoms with E-state index >= 15 is 0 Å². The molecule has 0 fully saturated rings. The van der Waals surface area contributed by atoms with Crippen molar-refractivity contribution in [2.75, 3.05) is 12.3 Å². The van der Waals surface area contributed by atoms with Crippen molar-refractivity contribution in [3.05, 3.63) is 76.2 Å². The van der Waals surface area contributed by atoms with Crippen molar-refractivity contribution in [2.24, 2.45) is 7.05 Å². The fourth-order valence-corrected chi connectivity index (χ4v) is 2.85. The summed E-state index contributed by atoms with van der Waals surface area (Å²) in [6, 6.07) is 18.0. The quantitative estimate of drug-likeness (QED) is 0.742. The van der Waals surface area contributed by atoms with Crippen molar-refractivity contribution in [1.82, 2.24) is 9.55 Å². The second-order valence-corrected chi connectivity index (χ2v) is 6.16. The lowest BCUT2D eigenvalue weighted by Crippen LogP contribution is -2.21. The number of hydrogen-bond donors (Lipinski definition) is 1. The second-order valence-electron chi connectivity index (χ2n) is 6.16. The molecule has 5 heteroatoms. The van der Waals surface area contributed by atoms with Gasteiger partial charge in [-0.25, -0.2) is 4.98 Å². The molecule has 0 spiro atoms. The molecule has 2 aromatic carbocycles. The van der Waals surface area contributed by atoms with Gasteiger partial charge in [0.2, 0.25) is 5.95 Å². The van der Waals surface area contributed by atoms with E-state index in [0.29, 0.717) is 18.7 Å². The molecule has 0 atom stereocenters. The van der Waals surface area contributed by atoms with Crippen LogP contribution in [0.1, 0.15) is 18.2 Å². The minimum atomic E-state index is -0.131. The van der Waals surface area contributed by atoms with Gasteiger partial charge >= 0.3 is 0 Å². The van der Waals surface area contributed by atoms with Crippen molar-refractivity contribution in [1.29, 1.82) is 0 Å². The Morgan fingerprint density at radius 1 is 1.04 bits per heavy atom. The van der Waals surface area contributed by atoms with E-state index in [0.717, 1.165) is 23.3 Å². The first-order valence-electron chi connectivity index (χ1n) is 8.71. The fraction of sp³-hybridized carbons (Fsp3) is 0.238. The SMILES string of the molecule is CCOc1cccc(-c2cccc(CCc3cc(=O)n(C)c(N)n3)c2)c1. The lowest BCUT2D eigenvalue weighted by atomic mass is 10.0. The minimum absolute atomic E-state index is 0.131. The largest absolute Gasteiger partial charge is 0.494 e. The molecule has 0 amide bonds. The first kappa shape index (κ1) is 17.7. The van der Waals surface area contributed by atoms with Gasteiger partial charge in [0.15, 0.2) is 0 Å². The Kier molecular flexibility index (Phi) is 5.37. The number of anilines is 1. The van der Waals surface area contributed by atoms with E-state index < -0.39 is 0 Å². The normalized spacial score (nSPS) is 10.7. The highest BCUT2D eigenvalue weighted by Gasteiger charge is 2.05. The highest BCUT2D eigenvalue weighted by molar-refractivity contribution is 5.65. The van der Waals surface area contributed by atoms with Gasteiger partial charge in [0, 0.05) is 13.1 Å². The van der Waals surface area contributed by atoms with Crippen LogP contribution >= 0.6 is 0 Å².